The Morgan fingerprint density at radius 2 is 1.57 bits per heavy atom. The molecule has 1 fully saturated rings. The molecule has 6 aromatic rings. The van der Waals surface area contributed by atoms with Gasteiger partial charge in [-0.3, -0.25) is 14.1 Å². The van der Waals surface area contributed by atoms with Gasteiger partial charge in [-0.15, -0.1) is 0 Å². The second-order valence-electron chi connectivity index (χ2n) is 11.1. The van der Waals surface area contributed by atoms with Gasteiger partial charge in [-0.2, -0.15) is 0 Å². The third kappa shape index (κ3) is 6.21. The van der Waals surface area contributed by atoms with Gasteiger partial charge < -0.3 is 10.6 Å². The molecule has 0 atom stereocenters. The Balaban J connectivity index is 1.18. The summed E-state index contributed by atoms with van der Waals surface area (Å²) in [5.74, 6) is 0.444. The first-order chi connectivity index (χ1) is 21.7. The molecule has 0 bridgehead atoms. The van der Waals surface area contributed by atoms with E-state index in [4.69, 9.17) is 9.97 Å². The molecule has 0 aliphatic carbocycles. The number of likely N-dealkylation sites (tertiary alicyclic amines) is 1. The molecule has 3 aromatic carbocycles. The van der Waals surface area contributed by atoms with Gasteiger partial charge in [0, 0.05) is 35.9 Å². The highest BCUT2D eigenvalue weighted by Crippen LogP contribution is 2.33. The van der Waals surface area contributed by atoms with E-state index in [1.165, 1.54) is 18.4 Å². The number of pyridine rings is 1. The first-order valence-corrected chi connectivity index (χ1v) is 15.0. The minimum Gasteiger partial charge on any atom is -0.326 e. The summed E-state index contributed by atoms with van der Waals surface area (Å²) in [6.45, 7) is 3.27. The quantitative estimate of drug-likeness (QED) is 0.192. The van der Waals surface area contributed by atoms with Crippen molar-refractivity contribution < 1.29 is 4.79 Å². The summed E-state index contributed by atoms with van der Waals surface area (Å²) in [6, 6.07) is 33.8. The molecule has 8 nitrogen and oxygen atoms in total. The van der Waals surface area contributed by atoms with Gasteiger partial charge in [0.05, 0.1) is 23.5 Å². The van der Waals surface area contributed by atoms with Crippen molar-refractivity contribution in [2.75, 3.05) is 23.7 Å². The SMILES string of the molecule is O=C(Cc1ccccc1)Nc1cccc(-c2nc3ccccn3c2-c2ccnc(Nc3cccc(CN4CCCC4)c3)n2)c1. The van der Waals surface area contributed by atoms with Crippen LogP contribution in [0.2, 0.25) is 0 Å². The molecule has 4 heterocycles. The maximum atomic E-state index is 12.8. The number of carbonyl (C=O) groups is 1. The second kappa shape index (κ2) is 12.5. The number of amides is 1. The van der Waals surface area contributed by atoms with Crippen molar-refractivity contribution in [1.29, 1.82) is 0 Å². The fourth-order valence-electron chi connectivity index (χ4n) is 5.80. The van der Waals surface area contributed by atoms with Gasteiger partial charge in [-0.25, -0.2) is 15.0 Å². The Bertz CT molecular complexity index is 1910. The lowest BCUT2D eigenvalue weighted by atomic mass is 10.1. The smallest absolute Gasteiger partial charge is 0.228 e. The van der Waals surface area contributed by atoms with Crippen LogP contribution in [-0.2, 0) is 17.8 Å². The molecular weight excluding hydrogens is 546 g/mol. The van der Waals surface area contributed by atoms with E-state index >= 15 is 0 Å². The molecule has 8 heteroatoms. The van der Waals surface area contributed by atoms with Crippen LogP contribution >= 0.6 is 0 Å². The van der Waals surface area contributed by atoms with Gasteiger partial charge in [0.15, 0.2) is 0 Å². The van der Waals surface area contributed by atoms with Crippen molar-refractivity contribution in [2.24, 2.45) is 0 Å². The van der Waals surface area contributed by atoms with Gasteiger partial charge in [-0.1, -0.05) is 60.7 Å². The van der Waals surface area contributed by atoms with Gasteiger partial charge in [0.25, 0.3) is 0 Å². The fourth-order valence-corrected chi connectivity index (χ4v) is 5.80. The molecule has 3 aromatic heterocycles. The summed E-state index contributed by atoms with van der Waals surface area (Å²) in [6.07, 6.45) is 6.62. The normalized spacial score (nSPS) is 13.3. The number of anilines is 3. The number of nitrogens with one attached hydrogen (secondary N) is 2. The largest absolute Gasteiger partial charge is 0.326 e. The number of fused-ring (bicyclic) bond motifs is 1. The Hall–Kier alpha value is -5.34. The van der Waals surface area contributed by atoms with Crippen LogP contribution in [0.25, 0.3) is 28.3 Å². The van der Waals surface area contributed by atoms with Crippen LogP contribution in [-0.4, -0.2) is 43.2 Å². The molecule has 7 rings (SSSR count). The van der Waals surface area contributed by atoms with Crippen molar-refractivity contribution in [3.63, 3.8) is 0 Å². The topological polar surface area (TPSA) is 87.5 Å². The molecule has 0 unspecified atom stereocenters. The van der Waals surface area contributed by atoms with Crippen LogP contribution in [0.3, 0.4) is 0 Å². The summed E-state index contributed by atoms with van der Waals surface area (Å²) in [4.78, 5) is 29.7. The number of carbonyl (C=O) groups excluding carboxylic acids is 1. The molecule has 1 aliphatic rings. The molecule has 0 spiro atoms. The fraction of sp³-hybridized carbons (Fsp3) is 0.167. The zero-order valence-electron chi connectivity index (χ0n) is 24.4. The summed E-state index contributed by atoms with van der Waals surface area (Å²) >= 11 is 0. The standard InChI is InChI=1S/C36H33N7O/c44-33(23-26-10-2-1-3-11-26)38-30-15-9-13-28(24-30)34-35(43-21-5-4-16-32(43)41-34)31-17-18-37-36(40-31)39-29-14-8-12-27(22-29)25-42-19-6-7-20-42/h1-5,8-18,21-22,24H,6-7,19-20,23,25H2,(H,38,44)(H,37,39,40). The average molecular weight is 580 g/mol. The second-order valence-corrected chi connectivity index (χ2v) is 11.1. The molecule has 1 aliphatic heterocycles. The number of hydrogen-bond acceptors (Lipinski definition) is 6. The third-order valence-corrected chi connectivity index (χ3v) is 7.84. The molecular formula is C36H33N7O. The Labute approximate surface area is 256 Å². The Morgan fingerprint density at radius 3 is 2.45 bits per heavy atom. The zero-order chi connectivity index (χ0) is 29.7. The summed E-state index contributed by atoms with van der Waals surface area (Å²) in [5.41, 5.74) is 7.95. The summed E-state index contributed by atoms with van der Waals surface area (Å²) in [5, 5.41) is 6.46. The van der Waals surface area contributed by atoms with Crippen molar-refractivity contribution in [3.8, 4) is 22.6 Å². The molecule has 1 amide bonds. The van der Waals surface area contributed by atoms with E-state index in [0.29, 0.717) is 18.1 Å². The number of nitrogens with zero attached hydrogens (tertiary/aromatic N) is 5. The van der Waals surface area contributed by atoms with Gasteiger partial charge in [0.1, 0.15) is 5.65 Å². The number of benzene rings is 3. The van der Waals surface area contributed by atoms with Crippen LogP contribution in [0.5, 0.6) is 0 Å². The number of hydrogen-bond donors (Lipinski definition) is 2. The molecule has 2 N–H and O–H groups in total. The average Bonchev–Trinajstić information content (AvgIpc) is 3.70. The van der Waals surface area contributed by atoms with E-state index in [2.05, 4.69) is 38.7 Å². The summed E-state index contributed by atoms with van der Waals surface area (Å²) in [7, 11) is 0. The lowest BCUT2D eigenvalue weighted by molar-refractivity contribution is -0.115. The van der Waals surface area contributed by atoms with E-state index in [-0.39, 0.29) is 5.91 Å². The van der Waals surface area contributed by atoms with Gasteiger partial charge in [0.2, 0.25) is 11.9 Å². The van der Waals surface area contributed by atoms with E-state index < -0.39 is 0 Å². The minimum absolute atomic E-state index is 0.0698. The summed E-state index contributed by atoms with van der Waals surface area (Å²) < 4.78 is 2.04. The first-order valence-electron chi connectivity index (χ1n) is 15.0. The van der Waals surface area contributed by atoms with Crippen molar-refractivity contribution in [3.05, 3.63) is 127 Å². The van der Waals surface area contributed by atoms with Gasteiger partial charge in [-0.05, 0) is 79.5 Å². The van der Waals surface area contributed by atoms with Crippen LogP contribution in [0.15, 0.2) is 116 Å². The highest BCUT2D eigenvalue weighted by atomic mass is 16.1. The lowest BCUT2D eigenvalue weighted by Gasteiger charge is -2.15. The zero-order valence-corrected chi connectivity index (χ0v) is 24.4. The van der Waals surface area contributed by atoms with E-state index in [0.717, 1.165) is 59.2 Å². The minimum atomic E-state index is -0.0698. The monoisotopic (exact) mass is 579 g/mol. The maximum absolute atomic E-state index is 12.8. The van der Waals surface area contributed by atoms with Crippen LogP contribution < -0.4 is 10.6 Å². The number of aromatic nitrogens is 4. The van der Waals surface area contributed by atoms with E-state index in [1.807, 2.05) is 95.5 Å². The third-order valence-electron chi connectivity index (χ3n) is 7.84. The predicted octanol–water partition coefficient (Wildman–Crippen LogP) is 6.98. The van der Waals surface area contributed by atoms with Crippen molar-refractivity contribution in [2.45, 2.75) is 25.8 Å². The number of rotatable bonds is 9. The molecule has 0 radical (unpaired) electrons. The molecule has 44 heavy (non-hydrogen) atoms. The molecule has 218 valence electrons. The van der Waals surface area contributed by atoms with E-state index in [1.54, 1.807) is 6.20 Å². The Morgan fingerprint density at radius 1 is 0.773 bits per heavy atom. The van der Waals surface area contributed by atoms with Crippen molar-refractivity contribution in [1.82, 2.24) is 24.3 Å². The number of imidazole rings is 1. The highest BCUT2D eigenvalue weighted by Gasteiger charge is 2.19. The first kappa shape index (κ1) is 27.5. The van der Waals surface area contributed by atoms with E-state index in [9.17, 15) is 4.79 Å². The Kier molecular flexibility index (Phi) is 7.80. The highest BCUT2D eigenvalue weighted by molar-refractivity contribution is 5.93. The maximum Gasteiger partial charge on any atom is 0.228 e. The lowest BCUT2D eigenvalue weighted by Crippen LogP contribution is -2.18. The van der Waals surface area contributed by atoms with Gasteiger partial charge >= 0.3 is 0 Å². The van der Waals surface area contributed by atoms with Crippen molar-refractivity contribution >= 4 is 28.9 Å². The van der Waals surface area contributed by atoms with Crippen LogP contribution in [0.4, 0.5) is 17.3 Å². The molecule has 1 saturated heterocycles. The van der Waals surface area contributed by atoms with Crippen LogP contribution in [0, 0.1) is 0 Å². The predicted molar refractivity (Wildman–Crippen MR) is 175 cm³/mol. The van der Waals surface area contributed by atoms with Crippen LogP contribution in [0.1, 0.15) is 24.0 Å². The molecule has 0 saturated carbocycles.